The molecule has 0 atom stereocenters. The number of benzene rings is 2. The first-order chi connectivity index (χ1) is 9.49. The molecule has 4 nitrogen and oxygen atoms in total. The van der Waals surface area contributed by atoms with Crippen LogP contribution in [0.5, 0.6) is 0 Å². The number of hydrogen-bond donors (Lipinski definition) is 0. The quantitative estimate of drug-likeness (QED) is 0.489. The number of nitrogens with zero attached hydrogens (tertiary/aromatic N) is 1. The van der Waals surface area contributed by atoms with E-state index in [9.17, 15) is 23.7 Å². The second-order valence-corrected chi connectivity index (χ2v) is 4.11. The Hall–Kier alpha value is -2.63. The highest BCUT2D eigenvalue weighted by atomic mass is 19.1. The van der Waals surface area contributed by atoms with Gasteiger partial charge >= 0.3 is 0 Å². The van der Waals surface area contributed by atoms with Crippen molar-refractivity contribution < 1.29 is 18.5 Å². The fraction of sp³-hybridized carbons (Fsp3) is 0.0714. The second-order valence-electron chi connectivity index (χ2n) is 4.11. The maximum Gasteiger partial charge on any atom is 0.272 e. The molecule has 0 bridgehead atoms. The van der Waals surface area contributed by atoms with Crippen LogP contribution >= 0.6 is 0 Å². The fourth-order valence-corrected chi connectivity index (χ4v) is 1.75. The Kier molecular flexibility index (Phi) is 3.84. The molecule has 0 N–H and O–H groups in total. The number of hydrogen-bond acceptors (Lipinski definition) is 3. The van der Waals surface area contributed by atoms with Crippen molar-refractivity contribution in [2.24, 2.45) is 0 Å². The van der Waals surface area contributed by atoms with Gasteiger partial charge in [0.1, 0.15) is 11.6 Å². The highest BCUT2D eigenvalue weighted by molar-refractivity contribution is 5.98. The monoisotopic (exact) mass is 277 g/mol. The standard InChI is InChI=1S/C14H9F2NO3/c15-12-4-2-1-3-9(12)7-14(18)11-6-5-10(17(19)20)8-13(11)16/h1-6,8H,7H2. The number of carbonyl (C=O) groups excluding carboxylic acids is 1. The molecule has 0 saturated heterocycles. The van der Waals surface area contributed by atoms with Gasteiger partial charge < -0.3 is 0 Å². The van der Waals surface area contributed by atoms with E-state index in [1.807, 2.05) is 0 Å². The van der Waals surface area contributed by atoms with E-state index in [1.54, 1.807) is 6.07 Å². The molecule has 2 rings (SSSR count). The molecule has 0 radical (unpaired) electrons. The van der Waals surface area contributed by atoms with E-state index in [0.29, 0.717) is 6.07 Å². The van der Waals surface area contributed by atoms with E-state index >= 15 is 0 Å². The van der Waals surface area contributed by atoms with E-state index in [1.165, 1.54) is 18.2 Å². The molecule has 0 aliphatic carbocycles. The molecule has 102 valence electrons. The van der Waals surface area contributed by atoms with Gasteiger partial charge in [-0.25, -0.2) is 8.78 Å². The van der Waals surface area contributed by atoms with Crippen LogP contribution < -0.4 is 0 Å². The third kappa shape index (κ3) is 2.85. The molecule has 0 unspecified atom stereocenters. The molecule has 20 heavy (non-hydrogen) atoms. The first-order valence-electron chi connectivity index (χ1n) is 5.69. The molecule has 0 spiro atoms. The van der Waals surface area contributed by atoms with Gasteiger partial charge in [0.25, 0.3) is 5.69 Å². The van der Waals surface area contributed by atoms with Gasteiger partial charge in [0, 0.05) is 12.5 Å². The number of non-ortho nitro benzene ring substituents is 1. The lowest BCUT2D eigenvalue weighted by Crippen LogP contribution is -2.08. The summed E-state index contributed by atoms with van der Waals surface area (Å²) in [5, 5.41) is 10.5. The minimum Gasteiger partial charge on any atom is -0.294 e. The van der Waals surface area contributed by atoms with E-state index in [2.05, 4.69) is 0 Å². The van der Waals surface area contributed by atoms with Crippen LogP contribution in [-0.4, -0.2) is 10.7 Å². The first kappa shape index (κ1) is 13.8. The summed E-state index contributed by atoms with van der Waals surface area (Å²) in [6.45, 7) is 0. The molecule has 0 saturated carbocycles. The molecular weight excluding hydrogens is 268 g/mol. The number of halogens is 2. The summed E-state index contributed by atoms with van der Waals surface area (Å²) in [5.74, 6) is -2.17. The average Bonchev–Trinajstić information content (AvgIpc) is 2.41. The third-order valence-electron chi connectivity index (χ3n) is 2.77. The van der Waals surface area contributed by atoms with Crippen molar-refractivity contribution in [3.63, 3.8) is 0 Å². The fourth-order valence-electron chi connectivity index (χ4n) is 1.75. The van der Waals surface area contributed by atoms with Crippen LogP contribution in [0.15, 0.2) is 42.5 Å². The molecule has 2 aromatic rings. The lowest BCUT2D eigenvalue weighted by Gasteiger charge is -2.04. The minimum absolute atomic E-state index is 0.148. The molecule has 6 heteroatoms. The molecule has 0 aliphatic heterocycles. The zero-order valence-corrected chi connectivity index (χ0v) is 10.2. The molecule has 0 aromatic heterocycles. The van der Waals surface area contributed by atoms with Crippen molar-refractivity contribution in [1.82, 2.24) is 0 Å². The van der Waals surface area contributed by atoms with E-state index in [-0.39, 0.29) is 17.5 Å². The van der Waals surface area contributed by atoms with Crippen LogP contribution in [0.1, 0.15) is 15.9 Å². The van der Waals surface area contributed by atoms with Gasteiger partial charge in [-0.2, -0.15) is 0 Å². The van der Waals surface area contributed by atoms with Crippen molar-refractivity contribution >= 4 is 11.5 Å². The Labute approximate surface area is 112 Å². The largest absolute Gasteiger partial charge is 0.294 e. The van der Waals surface area contributed by atoms with Gasteiger partial charge in [-0.05, 0) is 17.7 Å². The van der Waals surface area contributed by atoms with Crippen molar-refractivity contribution in [3.8, 4) is 0 Å². The van der Waals surface area contributed by atoms with Crippen LogP contribution in [0.3, 0.4) is 0 Å². The maximum atomic E-state index is 13.6. The summed E-state index contributed by atoms with van der Waals surface area (Å²) in [7, 11) is 0. The third-order valence-corrected chi connectivity index (χ3v) is 2.77. The van der Waals surface area contributed by atoms with Gasteiger partial charge in [0.05, 0.1) is 16.6 Å². The predicted molar refractivity (Wildman–Crippen MR) is 67.5 cm³/mol. The van der Waals surface area contributed by atoms with Gasteiger partial charge in [0.15, 0.2) is 5.78 Å². The van der Waals surface area contributed by atoms with Crippen molar-refractivity contribution in [2.45, 2.75) is 6.42 Å². The molecule has 0 aliphatic rings. The van der Waals surface area contributed by atoms with Crippen LogP contribution in [0.4, 0.5) is 14.5 Å². The van der Waals surface area contributed by atoms with Crippen LogP contribution in [0.25, 0.3) is 0 Å². The number of ketones is 1. The lowest BCUT2D eigenvalue weighted by atomic mass is 10.0. The Balaban J connectivity index is 2.26. The normalized spacial score (nSPS) is 10.3. The zero-order chi connectivity index (χ0) is 14.7. The van der Waals surface area contributed by atoms with Gasteiger partial charge in [-0.15, -0.1) is 0 Å². The summed E-state index contributed by atoms with van der Waals surface area (Å²) in [6, 6.07) is 8.43. The second kappa shape index (κ2) is 5.56. The summed E-state index contributed by atoms with van der Waals surface area (Å²) in [5.41, 5.74) is -0.584. The number of nitro benzene ring substituents is 1. The smallest absolute Gasteiger partial charge is 0.272 e. The summed E-state index contributed by atoms with van der Waals surface area (Å²) in [6.07, 6.45) is -0.304. The Morgan fingerprint density at radius 1 is 1.10 bits per heavy atom. The summed E-state index contributed by atoms with van der Waals surface area (Å²) in [4.78, 5) is 21.6. The number of Topliss-reactive ketones (excluding diaryl/α,β-unsaturated/α-hetero) is 1. The average molecular weight is 277 g/mol. The van der Waals surface area contributed by atoms with Crippen molar-refractivity contribution in [3.05, 3.63) is 75.3 Å². The molecule has 2 aromatic carbocycles. The predicted octanol–water partition coefficient (Wildman–Crippen LogP) is 3.30. The SMILES string of the molecule is O=C(Cc1ccccc1F)c1ccc([N+](=O)[O-])cc1F. The number of nitro groups is 1. The highest BCUT2D eigenvalue weighted by Gasteiger charge is 2.17. The molecule has 0 amide bonds. The Morgan fingerprint density at radius 2 is 1.80 bits per heavy atom. The first-order valence-corrected chi connectivity index (χ1v) is 5.69. The Bertz CT molecular complexity index is 686. The molecule has 0 fully saturated rings. The van der Waals surface area contributed by atoms with Crippen LogP contribution in [0, 0.1) is 21.7 Å². The van der Waals surface area contributed by atoms with Crippen LogP contribution in [-0.2, 0) is 6.42 Å². The zero-order valence-electron chi connectivity index (χ0n) is 10.2. The lowest BCUT2D eigenvalue weighted by molar-refractivity contribution is -0.385. The number of carbonyl (C=O) groups is 1. The van der Waals surface area contributed by atoms with E-state index in [0.717, 1.165) is 12.1 Å². The summed E-state index contributed by atoms with van der Waals surface area (Å²) >= 11 is 0. The van der Waals surface area contributed by atoms with Crippen LogP contribution in [0.2, 0.25) is 0 Å². The number of rotatable bonds is 4. The molecular formula is C14H9F2NO3. The van der Waals surface area contributed by atoms with Crippen molar-refractivity contribution in [1.29, 1.82) is 0 Å². The highest BCUT2D eigenvalue weighted by Crippen LogP contribution is 2.19. The van der Waals surface area contributed by atoms with E-state index < -0.39 is 28.0 Å². The summed E-state index contributed by atoms with van der Waals surface area (Å²) < 4.78 is 27.0. The Morgan fingerprint density at radius 3 is 2.40 bits per heavy atom. The topological polar surface area (TPSA) is 60.2 Å². The van der Waals surface area contributed by atoms with E-state index in [4.69, 9.17) is 0 Å². The van der Waals surface area contributed by atoms with Gasteiger partial charge in [-0.3, -0.25) is 14.9 Å². The minimum atomic E-state index is -0.986. The maximum absolute atomic E-state index is 13.6. The van der Waals surface area contributed by atoms with Gasteiger partial charge in [0.2, 0.25) is 0 Å². The van der Waals surface area contributed by atoms with Crippen molar-refractivity contribution in [2.75, 3.05) is 0 Å². The molecule has 0 heterocycles. The van der Waals surface area contributed by atoms with Gasteiger partial charge in [-0.1, -0.05) is 18.2 Å².